The highest BCUT2D eigenvalue weighted by Crippen LogP contribution is 2.39. The van der Waals surface area contributed by atoms with Gasteiger partial charge in [-0.2, -0.15) is 23.5 Å². The molecule has 0 aromatic carbocycles. The summed E-state index contributed by atoms with van der Waals surface area (Å²) in [5.41, 5.74) is 0.682. The molecule has 238 valence electrons. The van der Waals surface area contributed by atoms with Gasteiger partial charge in [-0.1, -0.05) is 0 Å². The minimum absolute atomic E-state index is 0.0426. The zero-order valence-corrected chi connectivity index (χ0v) is 25.2. The fraction of sp³-hybridized carbons (Fsp3) is 0.516. The van der Waals surface area contributed by atoms with Gasteiger partial charge in [0.1, 0.15) is 29.3 Å². The summed E-state index contributed by atoms with van der Waals surface area (Å²) < 4.78 is 48.7. The van der Waals surface area contributed by atoms with Crippen LogP contribution in [0.25, 0.3) is 22.3 Å². The summed E-state index contributed by atoms with van der Waals surface area (Å²) in [6.45, 7) is 4.87. The molecular weight excluding hydrogens is 587 g/mol. The number of nitrogens with one attached hydrogen (secondary N) is 2. The molecule has 1 aliphatic carbocycles. The van der Waals surface area contributed by atoms with E-state index < -0.39 is 22.9 Å². The molecule has 1 saturated carbocycles. The Balaban J connectivity index is 1.08. The number of pyridine rings is 1. The lowest BCUT2D eigenvalue weighted by Crippen LogP contribution is -2.65. The summed E-state index contributed by atoms with van der Waals surface area (Å²) in [5.74, 6) is -0.0426. The number of likely N-dealkylation sites (tertiary alicyclic amines) is 1. The molecule has 0 spiro atoms. The first-order valence-electron chi connectivity index (χ1n) is 15.0. The van der Waals surface area contributed by atoms with Crippen LogP contribution in [0.15, 0.2) is 43.1 Å². The predicted molar refractivity (Wildman–Crippen MR) is 159 cm³/mol. The highest BCUT2D eigenvalue weighted by atomic mass is 19.4. The quantitative estimate of drug-likeness (QED) is 0.234. The van der Waals surface area contributed by atoms with E-state index in [1.165, 1.54) is 12.4 Å². The Labute approximate surface area is 258 Å². The van der Waals surface area contributed by atoms with Crippen LogP contribution in [0.1, 0.15) is 57.2 Å². The van der Waals surface area contributed by atoms with Gasteiger partial charge in [-0.25, -0.2) is 15.0 Å². The van der Waals surface area contributed by atoms with Crippen LogP contribution in [-0.2, 0) is 18.3 Å². The van der Waals surface area contributed by atoms with E-state index >= 15 is 0 Å². The topological polar surface area (TPSA) is 141 Å². The van der Waals surface area contributed by atoms with E-state index in [4.69, 9.17) is 4.74 Å². The fourth-order valence-electron chi connectivity index (χ4n) is 6.22. The van der Waals surface area contributed by atoms with Gasteiger partial charge in [0.05, 0.1) is 31.0 Å². The van der Waals surface area contributed by atoms with Crippen LogP contribution in [0.3, 0.4) is 0 Å². The van der Waals surface area contributed by atoms with Gasteiger partial charge >= 0.3 is 6.18 Å². The van der Waals surface area contributed by atoms with Crippen molar-refractivity contribution in [2.75, 3.05) is 19.7 Å². The van der Waals surface area contributed by atoms with E-state index in [9.17, 15) is 23.5 Å². The number of hydrogen-bond donors (Lipinski definition) is 3. The van der Waals surface area contributed by atoms with Crippen molar-refractivity contribution in [2.45, 2.75) is 81.9 Å². The first-order chi connectivity index (χ1) is 21.5. The van der Waals surface area contributed by atoms with Gasteiger partial charge in [-0.3, -0.25) is 9.58 Å². The van der Waals surface area contributed by atoms with Gasteiger partial charge in [0, 0.05) is 60.6 Å². The Morgan fingerprint density at radius 1 is 1.18 bits per heavy atom. The number of aliphatic hydroxyl groups is 1. The molecular formula is C31H36F3N9O2. The van der Waals surface area contributed by atoms with Crippen LogP contribution in [-0.4, -0.2) is 77.1 Å². The van der Waals surface area contributed by atoms with E-state index in [1.54, 1.807) is 20.0 Å². The van der Waals surface area contributed by atoms with Crippen molar-refractivity contribution >= 4 is 11.0 Å². The minimum atomic E-state index is -4.61. The monoisotopic (exact) mass is 623 g/mol. The zero-order chi connectivity index (χ0) is 31.8. The lowest BCUT2D eigenvalue weighted by molar-refractivity contribution is -0.141. The van der Waals surface area contributed by atoms with Crippen LogP contribution in [0.2, 0.25) is 0 Å². The lowest BCUT2D eigenvalue weighted by atomic mass is 9.82. The van der Waals surface area contributed by atoms with E-state index in [0.717, 1.165) is 41.2 Å². The molecule has 4 aromatic rings. The predicted octanol–water partition coefficient (Wildman–Crippen LogP) is 4.41. The summed E-state index contributed by atoms with van der Waals surface area (Å²) >= 11 is 0. The van der Waals surface area contributed by atoms with Crippen molar-refractivity contribution in [2.24, 2.45) is 0 Å². The number of nitrogens with zero attached hydrogens (tertiary/aromatic N) is 7. The van der Waals surface area contributed by atoms with Crippen LogP contribution in [0.5, 0.6) is 5.88 Å². The summed E-state index contributed by atoms with van der Waals surface area (Å²) in [7, 11) is 0. The average molecular weight is 624 g/mol. The molecule has 2 aliphatic rings. The summed E-state index contributed by atoms with van der Waals surface area (Å²) in [5, 5.41) is 27.8. The number of ether oxygens (including phenoxy) is 1. The average Bonchev–Trinajstić information content (AvgIpc) is 3.68. The SMILES string of the molecule is CC(C)(CO)NCc1cc(O[C@H]2CC[C@@H](N3CC(CC#N)(n4cc(-c5ncnc6[nH]ccc56)cn4)C3)CC2)nc(C(F)(F)F)c1. The molecule has 45 heavy (non-hydrogen) atoms. The first-order valence-corrected chi connectivity index (χ1v) is 15.0. The van der Waals surface area contributed by atoms with E-state index in [1.807, 2.05) is 23.1 Å². The number of hydrogen-bond acceptors (Lipinski definition) is 9. The molecule has 0 atom stereocenters. The van der Waals surface area contributed by atoms with Gasteiger partial charge in [0.15, 0.2) is 0 Å². The van der Waals surface area contributed by atoms with Crippen molar-refractivity contribution in [1.29, 1.82) is 5.26 Å². The Morgan fingerprint density at radius 2 is 1.96 bits per heavy atom. The standard InChI is InChI=1S/C31H36F3N9O2/c1-29(2,18-44)39-13-20-11-25(31(32,33)34)41-26(12-20)45-23-5-3-22(4-6-23)42-16-30(17-42,8-9-35)43-15-21(14-40-43)27-24-7-10-36-28(24)38-19-37-27/h7,10-12,14-15,19,22-23,39,44H,3-6,8,13,16-18H2,1-2H3,(H,36,37,38)/t22-,23+. The molecule has 11 nitrogen and oxygen atoms in total. The Morgan fingerprint density at radius 3 is 2.67 bits per heavy atom. The largest absolute Gasteiger partial charge is 0.474 e. The highest BCUT2D eigenvalue weighted by Gasteiger charge is 2.48. The molecule has 0 radical (unpaired) electrons. The van der Waals surface area contributed by atoms with E-state index in [-0.39, 0.29) is 31.2 Å². The van der Waals surface area contributed by atoms with E-state index in [2.05, 4.69) is 41.3 Å². The molecule has 6 rings (SSSR count). The van der Waals surface area contributed by atoms with Crippen LogP contribution >= 0.6 is 0 Å². The number of aliphatic hydroxyl groups excluding tert-OH is 1. The number of alkyl halides is 3. The Kier molecular flexibility index (Phi) is 8.28. The van der Waals surface area contributed by atoms with Crippen molar-refractivity contribution in [1.82, 2.24) is 39.9 Å². The van der Waals surface area contributed by atoms with Crippen molar-refractivity contribution in [3.63, 3.8) is 0 Å². The molecule has 0 amide bonds. The molecule has 2 fully saturated rings. The number of H-pyrrole nitrogens is 1. The Hall–Kier alpha value is -4.06. The molecule has 1 saturated heterocycles. The van der Waals surface area contributed by atoms with Gasteiger partial charge in [0.2, 0.25) is 5.88 Å². The second-order valence-electron chi connectivity index (χ2n) is 12.7. The number of aromatic amines is 1. The number of halogens is 3. The van der Waals surface area contributed by atoms with Crippen molar-refractivity contribution in [3.8, 4) is 23.2 Å². The molecule has 14 heteroatoms. The maximum atomic E-state index is 13.6. The minimum Gasteiger partial charge on any atom is -0.474 e. The third kappa shape index (κ3) is 6.51. The van der Waals surface area contributed by atoms with Gasteiger partial charge in [-0.15, -0.1) is 0 Å². The summed E-state index contributed by atoms with van der Waals surface area (Å²) in [6, 6.07) is 7.10. The third-order valence-corrected chi connectivity index (χ3v) is 8.86. The normalized spacial score (nSPS) is 20.6. The summed E-state index contributed by atoms with van der Waals surface area (Å²) in [6.07, 6.45) is 5.53. The lowest BCUT2D eigenvalue weighted by Gasteiger charge is -2.53. The molecule has 0 bridgehead atoms. The van der Waals surface area contributed by atoms with Crippen molar-refractivity contribution < 1.29 is 23.0 Å². The molecule has 4 aromatic heterocycles. The van der Waals surface area contributed by atoms with Gasteiger partial charge < -0.3 is 20.1 Å². The zero-order valence-electron chi connectivity index (χ0n) is 25.2. The maximum Gasteiger partial charge on any atom is 0.433 e. The summed E-state index contributed by atoms with van der Waals surface area (Å²) in [4.78, 5) is 17.9. The molecule has 3 N–H and O–H groups in total. The molecule has 5 heterocycles. The first kappa shape index (κ1) is 30.9. The van der Waals surface area contributed by atoms with Gasteiger partial charge in [0.25, 0.3) is 0 Å². The molecule has 0 unspecified atom stereocenters. The fourth-order valence-corrected chi connectivity index (χ4v) is 6.22. The van der Waals surface area contributed by atoms with Crippen LogP contribution in [0, 0.1) is 11.3 Å². The van der Waals surface area contributed by atoms with Crippen LogP contribution in [0.4, 0.5) is 13.2 Å². The second-order valence-corrected chi connectivity index (χ2v) is 12.7. The maximum absolute atomic E-state index is 13.6. The van der Waals surface area contributed by atoms with E-state index in [0.29, 0.717) is 37.9 Å². The van der Waals surface area contributed by atoms with Crippen molar-refractivity contribution in [3.05, 3.63) is 54.4 Å². The number of rotatable bonds is 10. The van der Waals surface area contributed by atoms with Crippen LogP contribution < -0.4 is 10.1 Å². The number of aromatic nitrogens is 6. The third-order valence-electron chi connectivity index (χ3n) is 8.86. The second kappa shape index (κ2) is 12.0. The smallest absolute Gasteiger partial charge is 0.433 e. The number of nitriles is 1. The number of fused-ring (bicyclic) bond motifs is 1. The molecule has 1 aliphatic heterocycles. The highest BCUT2D eigenvalue weighted by molar-refractivity contribution is 5.90. The Bertz CT molecular complexity index is 1680. The van der Waals surface area contributed by atoms with Gasteiger partial charge in [-0.05, 0) is 57.2 Å².